The monoisotopic (exact) mass is 366 g/mol. The molecule has 26 heavy (non-hydrogen) atoms. The molecule has 1 aromatic carbocycles. The van der Waals surface area contributed by atoms with Gasteiger partial charge in [0.1, 0.15) is 12.4 Å². The highest BCUT2D eigenvalue weighted by molar-refractivity contribution is 5.51. The Balaban J connectivity index is 3.54. The largest absolute Gasteiger partial charge is 0.492 e. The SMILES string of the molecule is CCC(C)(C)c1cc(C)cc(C(C)(C)CC)c1OCC(CO)(CO)CO. The van der Waals surface area contributed by atoms with E-state index in [0.717, 1.165) is 29.7 Å². The summed E-state index contributed by atoms with van der Waals surface area (Å²) in [6.45, 7) is 14.3. The highest BCUT2D eigenvalue weighted by Gasteiger charge is 2.34. The Hall–Kier alpha value is -1.10. The number of aliphatic hydroxyl groups excluding tert-OH is 3. The van der Waals surface area contributed by atoms with E-state index in [9.17, 15) is 15.3 Å². The maximum Gasteiger partial charge on any atom is 0.126 e. The molecule has 0 aliphatic carbocycles. The maximum atomic E-state index is 9.65. The van der Waals surface area contributed by atoms with Crippen molar-refractivity contribution in [2.24, 2.45) is 5.41 Å². The molecule has 4 nitrogen and oxygen atoms in total. The Bertz CT molecular complexity index is 541. The van der Waals surface area contributed by atoms with Gasteiger partial charge in [0.05, 0.1) is 25.2 Å². The summed E-state index contributed by atoms with van der Waals surface area (Å²) in [5.41, 5.74) is 2.29. The van der Waals surface area contributed by atoms with Crippen LogP contribution in [0.5, 0.6) is 5.75 Å². The molecule has 0 fully saturated rings. The third-order valence-corrected chi connectivity index (χ3v) is 5.99. The van der Waals surface area contributed by atoms with Crippen LogP contribution in [0.3, 0.4) is 0 Å². The van der Waals surface area contributed by atoms with Crippen molar-refractivity contribution in [1.29, 1.82) is 0 Å². The lowest BCUT2D eigenvalue weighted by atomic mass is 9.74. The summed E-state index contributed by atoms with van der Waals surface area (Å²) >= 11 is 0. The minimum atomic E-state index is -1.05. The molecule has 3 N–H and O–H groups in total. The average molecular weight is 367 g/mol. The topological polar surface area (TPSA) is 69.9 Å². The second kappa shape index (κ2) is 8.73. The minimum absolute atomic E-state index is 0.0686. The zero-order valence-electron chi connectivity index (χ0n) is 17.6. The summed E-state index contributed by atoms with van der Waals surface area (Å²) < 4.78 is 6.26. The molecule has 0 aliphatic heterocycles. The van der Waals surface area contributed by atoms with Crippen LogP contribution in [0.25, 0.3) is 0 Å². The molecule has 0 bridgehead atoms. The van der Waals surface area contributed by atoms with Gasteiger partial charge in [-0.05, 0) is 30.6 Å². The van der Waals surface area contributed by atoms with E-state index < -0.39 is 5.41 Å². The van der Waals surface area contributed by atoms with Crippen molar-refractivity contribution in [3.05, 3.63) is 28.8 Å². The number of aliphatic hydroxyl groups is 3. The Kier molecular flexibility index (Phi) is 7.70. The Labute approximate surface area is 159 Å². The first-order valence-corrected chi connectivity index (χ1v) is 9.63. The van der Waals surface area contributed by atoms with Crippen molar-refractivity contribution < 1.29 is 20.1 Å². The van der Waals surface area contributed by atoms with Crippen LogP contribution in [0.4, 0.5) is 0 Å². The highest BCUT2D eigenvalue weighted by Crippen LogP contribution is 2.43. The van der Waals surface area contributed by atoms with Gasteiger partial charge in [0.2, 0.25) is 0 Å². The smallest absolute Gasteiger partial charge is 0.126 e. The second-order valence-electron chi connectivity index (χ2n) is 8.93. The van der Waals surface area contributed by atoms with Gasteiger partial charge in [-0.15, -0.1) is 0 Å². The molecule has 0 aromatic heterocycles. The summed E-state index contributed by atoms with van der Waals surface area (Å²) in [4.78, 5) is 0. The molecule has 0 radical (unpaired) electrons. The van der Waals surface area contributed by atoms with E-state index in [2.05, 4.69) is 60.6 Å². The van der Waals surface area contributed by atoms with Gasteiger partial charge in [-0.1, -0.05) is 59.2 Å². The molecule has 0 amide bonds. The fourth-order valence-corrected chi connectivity index (χ4v) is 2.83. The molecule has 0 saturated carbocycles. The van der Waals surface area contributed by atoms with Crippen LogP contribution in [0.1, 0.15) is 71.1 Å². The normalized spacial score (nSPS) is 13.2. The van der Waals surface area contributed by atoms with Gasteiger partial charge >= 0.3 is 0 Å². The van der Waals surface area contributed by atoms with E-state index in [1.165, 1.54) is 5.56 Å². The molecule has 0 aliphatic rings. The lowest BCUT2D eigenvalue weighted by molar-refractivity contribution is -0.0266. The average Bonchev–Trinajstić information content (AvgIpc) is 2.63. The maximum absolute atomic E-state index is 9.65. The summed E-state index contributed by atoms with van der Waals surface area (Å²) in [5.74, 6) is 0.828. The van der Waals surface area contributed by atoms with Gasteiger partial charge < -0.3 is 20.1 Å². The number of benzene rings is 1. The number of hydrogen-bond acceptors (Lipinski definition) is 4. The number of ether oxygens (including phenoxy) is 1. The van der Waals surface area contributed by atoms with Crippen LogP contribution in [0, 0.1) is 12.3 Å². The first-order valence-electron chi connectivity index (χ1n) is 9.63. The molecular weight excluding hydrogens is 328 g/mol. The van der Waals surface area contributed by atoms with Crippen molar-refractivity contribution in [3.8, 4) is 5.75 Å². The van der Waals surface area contributed by atoms with Crippen molar-refractivity contribution in [1.82, 2.24) is 0 Å². The first-order chi connectivity index (χ1) is 12.0. The van der Waals surface area contributed by atoms with Gasteiger partial charge in [-0.3, -0.25) is 0 Å². The minimum Gasteiger partial charge on any atom is -0.492 e. The predicted molar refractivity (Wildman–Crippen MR) is 107 cm³/mol. The summed E-state index contributed by atoms with van der Waals surface area (Å²) in [6, 6.07) is 4.35. The quantitative estimate of drug-likeness (QED) is 0.590. The molecule has 150 valence electrons. The zero-order valence-corrected chi connectivity index (χ0v) is 17.6. The van der Waals surface area contributed by atoms with Crippen LogP contribution in [0.2, 0.25) is 0 Å². The summed E-state index contributed by atoms with van der Waals surface area (Å²) in [7, 11) is 0. The third-order valence-electron chi connectivity index (χ3n) is 5.99. The van der Waals surface area contributed by atoms with E-state index in [-0.39, 0.29) is 37.3 Å². The fourth-order valence-electron chi connectivity index (χ4n) is 2.83. The Morgan fingerprint density at radius 1 is 0.808 bits per heavy atom. The van der Waals surface area contributed by atoms with Gasteiger partial charge in [-0.25, -0.2) is 0 Å². The third kappa shape index (κ3) is 4.79. The van der Waals surface area contributed by atoms with Crippen LogP contribution in [0.15, 0.2) is 12.1 Å². The van der Waals surface area contributed by atoms with E-state index in [1.807, 2.05) is 0 Å². The molecule has 0 atom stereocenters. The molecule has 1 rings (SSSR count). The van der Waals surface area contributed by atoms with Gasteiger partial charge in [0.15, 0.2) is 0 Å². The summed E-state index contributed by atoms with van der Waals surface area (Å²) in [5, 5.41) is 28.9. The number of aryl methyl sites for hydroxylation is 1. The summed E-state index contributed by atoms with van der Waals surface area (Å²) in [6.07, 6.45) is 1.92. The van der Waals surface area contributed by atoms with E-state index >= 15 is 0 Å². The highest BCUT2D eigenvalue weighted by atomic mass is 16.5. The Morgan fingerprint density at radius 2 is 1.19 bits per heavy atom. The molecule has 0 spiro atoms. The van der Waals surface area contributed by atoms with Crippen LogP contribution in [-0.4, -0.2) is 41.7 Å². The standard InChI is InChI=1S/C22H38O4/c1-8-20(4,5)17-10-16(3)11-18(21(6,7)9-2)19(17)26-15-22(12-23,13-24)14-25/h10-11,23-25H,8-9,12-15H2,1-7H3. The fraction of sp³-hybridized carbons (Fsp3) is 0.727. The number of hydrogen-bond donors (Lipinski definition) is 3. The lowest BCUT2D eigenvalue weighted by Crippen LogP contribution is -2.40. The van der Waals surface area contributed by atoms with Crippen molar-refractivity contribution >= 4 is 0 Å². The molecular formula is C22H38O4. The lowest BCUT2D eigenvalue weighted by Gasteiger charge is -2.35. The first kappa shape index (κ1) is 22.9. The van der Waals surface area contributed by atoms with Crippen molar-refractivity contribution in [2.75, 3.05) is 26.4 Å². The molecule has 0 saturated heterocycles. The zero-order chi connectivity index (χ0) is 20.2. The van der Waals surface area contributed by atoms with Gasteiger partial charge in [0.25, 0.3) is 0 Å². The number of rotatable bonds is 10. The van der Waals surface area contributed by atoms with Gasteiger partial charge in [-0.2, -0.15) is 0 Å². The van der Waals surface area contributed by atoms with Crippen LogP contribution in [-0.2, 0) is 10.8 Å². The van der Waals surface area contributed by atoms with Crippen molar-refractivity contribution in [3.63, 3.8) is 0 Å². The van der Waals surface area contributed by atoms with Crippen LogP contribution < -0.4 is 4.74 Å². The van der Waals surface area contributed by atoms with E-state index in [4.69, 9.17) is 4.74 Å². The van der Waals surface area contributed by atoms with E-state index in [1.54, 1.807) is 0 Å². The molecule has 0 unspecified atom stereocenters. The van der Waals surface area contributed by atoms with Crippen LogP contribution >= 0.6 is 0 Å². The second-order valence-corrected chi connectivity index (χ2v) is 8.93. The van der Waals surface area contributed by atoms with Gasteiger partial charge in [0, 0.05) is 11.1 Å². The molecule has 1 aromatic rings. The Morgan fingerprint density at radius 3 is 1.50 bits per heavy atom. The molecule has 0 heterocycles. The van der Waals surface area contributed by atoms with Crippen molar-refractivity contribution in [2.45, 2.75) is 72.1 Å². The van der Waals surface area contributed by atoms with E-state index in [0.29, 0.717) is 0 Å². The predicted octanol–water partition coefficient (Wildman–Crippen LogP) is 3.71. The molecule has 4 heteroatoms.